The van der Waals surface area contributed by atoms with E-state index in [-0.39, 0.29) is 0 Å². The van der Waals surface area contributed by atoms with Crippen LogP contribution in [-0.4, -0.2) is 36.1 Å². The molecule has 0 saturated carbocycles. The molecule has 2 heterocycles. The van der Waals surface area contributed by atoms with E-state index in [1.165, 1.54) is 18.7 Å². The highest BCUT2D eigenvalue weighted by atomic mass is 15.2. The normalized spacial score (nSPS) is 24.3. The summed E-state index contributed by atoms with van der Waals surface area (Å²) in [6.07, 6.45) is 3.12. The minimum absolute atomic E-state index is 0.435. The molecule has 2 atom stereocenters. The first-order chi connectivity index (χ1) is 7.31. The molecule has 1 N–H and O–H groups in total. The first-order valence-electron chi connectivity index (χ1n) is 5.63. The first-order valence-corrected chi connectivity index (χ1v) is 5.63. The van der Waals surface area contributed by atoms with Gasteiger partial charge in [-0.15, -0.1) is 0 Å². The first kappa shape index (κ1) is 10.6. The second kappa shape index (κ2) is 4.73. The minimum atomic E-state index is 0.435. The van der Waals surface area contributed by atoms with Crippen LogP contribution in [0.3, 0.4) is 0 Å². The lowest BCUT2D eigenvalue weighted by atomic mass is 10.2. The van der Waals surface area contributed by atoms with Crippen LogP contribution >= 0.6 is 0 Å². The predicted molar refractivity (Wildman–Crippen MR) is 61.7 cm³/mol. The van der Waals surface area contributed by atoms with E-state index in [2.05, 4.69) is 34.3 Å². The third-order valence-corrected chi connectivity index (χ3v) is 3.29. The molecule has 1 aromatic rings. The van der Waals surface area contributed by atoms with E-state index < -0.39 is 0 Å². The Bertz CT molecular complexity index is 299. The molecule has 15 heavy (non-hydrogen) atoms. The van der Waals surface area contributed by atoms with Gasteiger partial charge in [-0.1, -0.05) is 6.07 Å². The molecule has 1 saturated heterocycles. The molecular weight excluding hydrogens is 186 g/mol. The Kier molecular flexibility index (Phi) is 3.34. The van der Waals surface area contributed by atoms with Crippen LogP contribution in [0.25, 0.3) is 0 Å². The molecule has 3 nitrogen and oxygen atoms in total. The zero-order valence-corrected chi connectivity index (χ0v) is 9.48. The SMILES string of the molecule is CNC1CCN(C(C)c2ccccn2)C1. The van der Waals surface area contributed by atoms with Gasteiger partial charge >= 0.3 is 0 Å². The standard InChI is InChI=1S/C12H19N3/c1-10(12-5-3-4-7-14-12)15-8-6-11(9-15)13-2/h3-5,7,10-11,13H,6,8-9H2,1-2H3. The fourth-order valence-corrected chi connectivity index (χ4v) is 2.18. The van der Waals surface area contributed by atoms with Crippen molar-refractivity contribution < 1.29 is 0 Å². The van der Waals surface area contributed by atoms with Crippen LogP contribution in [0.2, 0.25) is 0 Å². The summed E-state index contributed by atoms with van der Waals surface area (Å²) in [5, 5.41) is 3.34. The molecular formula is C12H19N3. The summed E-state index contributed by atoms with van der Waals surface area (Å²) in [5.41, 5.74) is 1.18. The Labute approximate surface area is 91.5 Å². The van der Waals surface area contributed by atoms with Gasteiger partial charge in [0, 0.05) is 31.4 Å². The summed E-state index contributed by atoms with van der Waals surface area (Å²) < 4.78 is 0. The molecule has 1 aliphatic rings. The minimum Gasteiger partial charge on any atom is -0.316 e. The molecule has 1 fully saturated rings. The molecule has 0 spiro atoms. The van der Waals surface area contributed by atoms with Gasteiger partial charge in [-0.25, -0.2) is 0 Å². The van der Waals surface area contributed by atoms with Crippen molar-refractivity contribution in [3.05, 3.63) is 30.1 Å². The second-order valence-electron chi connectivity index (χ2n) is 4.20. The summed E-state index contributed by atoms with van der Waals surface area (Å²) in [5.74, 6) is 0. The Hall–Kier alpha value is -0.930. The van der Waals surface area contributed by atoms with Crippen molar-refractivity contribution in [2.75, 3.05) is 20.1 Å². The molecule has 1 aliphatic heterocycles. The third kappa shape index (κ3) is 2.36. The van der Waals surface area contributed by atoms with Gasteiger partial charge < -0.3 is 5.32 Å². The Morgan fingerprint density at radius 2 is 2.40 bits per heavy atom. The number of nitrogens with zero attached hydrogens (tertiary/aromatic N) is 2. The molecule has 1 aromatic heterocycles. The molecule has 0 aliphatic carbocycles. The van der Waals surface area contributed by atoms with Crippen LogP contribution in [0.1, 0.15) is 25.1 Å². The van der Waals surface area contributed by atoms with Gasteiger partial charge in [0.15, 0.2) is 0 Å². The Morgan fingerprint density at radius 1 is 1.53 bits per heavy atom. The number of hydrogen-bond acceptors (Lipinski definition) is 3. The summed E-state index contributed by atoms with van der Waals surface area (Å²) >= 11 is 0. The topological polar surface area (TPSA) is 28.2 Å². The van der Waals surface area contributed by atoms with Crippen molar-refractivity contribution in [1.82, 2.24) is 15.2 Å². The van der Waals surface area contributed by atoms with E-state index in [4.69, 9.17) is 0 Å². The van der Waals surface area contributed by atoms with Gasteiger partial charge in [-0.05, 0) is 32.5 Å². The van der Waals surface area contributed by atoms with E-state index in [0.29, 0.717) is 12.1 Å². The largest absolute Gasteiger partial charge is 0.316 e. The molecule has 3 heteroatoms. The zero-order chi connectivity index (χ0) is 10.7. The zero-order valence-electron chi connectivity index (χ0n) is 9.48. The van der Waals surface area contributed by atoms with Crippen LogP contribution < -0.4 is 5.32 Å². The van der Waals surface area contributed by atoms with Crippen molar-refractivity contribution in [3.8, 4) is 0 Å². The molecule has 0 aromatic carbocycles. The van der Waals surface area contributed by atoms with E-state index in [9.17, 15) is 0 Å². The number of likely N-dealkylation sites (N-methyl/N-ethyl adjacent to an activating group) is 1. The monoisotopic (exact) mass is 205 g/mol. The van der Waals surface area contributed by atoms with Crippen LogP contribution in [-0.2, 0) is 0 Å². The lowest BCUT2D eigenvalue weighted by molar-refractivity contribution is 0.252. The number of hydrogen-bond donors (Lipinski definition) is 1. The lowest BCUT2D eigenvalue weighted by Gasteiger charge is -2.23. The van der Waals surface area contributed by atoms with Gasteiger partial charge in [0.2, 0.25) is 0 Å². The molecule has 82 valence electrons. The van der Waals surface area contributed by atoms with Crippen molar-refractivity contribution in [1.29, 1.82) is 0 Å². The van der Waals surface area contributed by atoms with Gasteiger partial charge in [0.05, 0.1) is 5.69 Å². The van der Waals surface area contributed by atoms with Gasteiger partial charge in [-0.2, -0.15) is 0 Å². The van der Waals surface area contributed by atoms with Gasteiger partial charge in [0.1, 0.15) is 0 Å². The second-order valence-corrected chi connectivity index (χ2v) is 4.20. The summed E-state index contributed by atoms with van der Waals surface area (Å²) in [6, 6.07) is 7.22. The average molecular weight is 205 g/mol. The predicted octanol–water partition coefficient (Wildman–Crippen LogP) is 1.44. The van der Waals surface area contributed by atoms with Crippen molar-refractivity contribution in [3.63, 3.8) is 0 Å². The molecule has 2 rings (SSSR count). The summed E-state index contributed by atoms with van der Waals surface area (Å²) in [7, 11) is 2.04. The van der Waals surface area contributed by atoms with Crippen molar-refractivity contribution >= 4 is 0 Å². The smallest absolute Gasteiger partial charge is 0.0572 e. The fraction of sp³-hybridized carbons (Fsp3) is 0.583. The summed E-state index contributed by atoms with van der Waals surface area (Å²) in [4.78, 5) is 6.90. The average Bonchev–Trinajstić information content (AvgIpc) is 2.78. The number of aromatic nitrogens is 1. The quantitative estimate of drug-likeness (QED) is 0.809. The van der Waals surface area contributed by atoms with E-state index in [1.54, 1.807) is 0 Å². The third-order valence-electron chi connectivity index (χ3n) is 3.29. The number of pyridine rings is 1. The highest BCUT2D eigenvalue weighted by molar-refractivity contribution is 5.08. The van der Waals surface area contributed by atoms with E-state index in [1.807, 2.05) is 19.3 Å². The van der Waals surface area contributed by atoms with Gasteiger partial charge in [0.25, 0.3) is 0 Å². The lowest BCUT2D eigenvalue weighted by Crippen LogP contribution is -2.31. The number of nitrogens with one attached hydrogen (secondary N) is 1. The Morgan fingerprint density at radius 3 is 3.00 bits per heavy atom. The van der Waals surface area contributed by atoms with Crippen LogP contribution in [0.15, 0.2) is 24.4 Å². The highest BCUT2D eigenvalue weighted by Crippen LogP contribution is 2.22. The van der Waals surface area contributed by atoms with Gasteiger partial charge in [-0.3, -0.25) is 9.88 Å². The van der Waals surface area contributed by atoms with Crippen LogP contribution in [0.5, 0.6) is 0 Å². The Balaban J connectivity index is 2.00. The van der Waals surface area contributed by atoms with E-state index in [0.717, 1.165) is 6.54 Å². The van der Waals surface area contributed by atoms with Crippen molar-refractivity contribution in [2.45, 2.75) is 25.4 Å². The van der Waals surface area contributed by atoms with E-state index >= 15 is 0 Å². The maximum Gasteiger partial charge on any atom is 0.0572 e. The maximum absolute atomic E-state index is 4.41. The molecule has 2 unspecified atom stereocenters. The highest BCUT2D eigenvalue weighted by Gasteiger charge is 2.25. The fourth-order valence-electron chi connectivity index (χ4n) is 2.18. The molecule has 0 bridgehead atoms. The maximum atomic E-state index is 4.41. The number of rotatable bonds is 3. The molecule has 0 amide bonds. The summed E-state index contributed by atoms with van der Waals surface area (Å²) in [6.45, 7) is 4.54. The molecule has 0 radical (unpaired) electrons. The van der Waals surface area contributed by atoms with Crippen molar-refractivity contribution in [2.24, 2.45) is 0 Å². The number of likely N-dealkylation sites (tertiary alicyclic amines) is 1. The van der Waals surface area contributed by atoms with Crippen LogP contribution in [0.4, 0.5) is 0 Å². The van der Waals surface area contributed by atoms with Crippen LogP contribution in [0, 0.1) is 0 Å².